The number of halogens is 2. The van der Waals surface area contributed by atoms with Gasteiger partial charge in [-0.3, -0.25) is 14.3 Å². The van der Waals surface area contributed by atoms with Gasteiger partial charge in [-0.1, -0.05) is 0 Å². The van der Waals surface area contributed by atoms with E-state index in [9.17, 15) is 18.4 Å². The Hall–Kier alpha value is -3.56. The number of alkyl halides is 2. The van der Waals surface area contributed by atoms with Crippen molar-refractivity contribution in [3.05, 3.63) is 48.4 Å². The van der Waals surface area contributed by atoms with Crippen molar-refractivity contribution < 1.29 is 18.4 Å². The molecule has 2 fully saturated rings. The maximum Gasteiger partial charge on any atom is 0.325 e. The van der Waals surface area contributed by atoms with Gasteiger partial charge in [-0.15, -0.1) is 0 Å². The molecule has 0 N–H and O–H groups in total. The molecule has 8 nitrogen and oxygen atoms in total. The molecule has 10 heteroatoms. The molecular formula is C22H22F2N6O2. The molecule has 0 unspecified atom stereocenters. The van der Waals surface area contributed by atoms with Gasteiger partial charge < -0.3 is 9.80 Å². The fourth-order valence-corrected chi connectivity index (χ4v) is 4.11. The van der Waals surface area contributed by atoms with Crippen molar-refractivity contribution in [2.75, 3.05) is 38.1 Å². The monoisotopic (exact) mass is 440 g/mol. The second kappa shape index (κ2) is 7.54. The van der Waals surface area contributed by atoms with Crippen LogP contribution in [0.1, 0.15) is 23.2 Å². The molecule has 3 amide bonds. The number of rotatable bonds is 3. The number of nitrogens with zero attached hydrogens (tertiary/aromatic N) is 6. The number of aromatic nitrogens is 3. The number of amides is 3. The number of pyridine rings is 2. The Bertz CT molecular complexity index is 1180. The predicted molar refractivity (Wildman–Crippen MR) is 114 cm³/mol. The van der Waals surface area contributed by atoms with Crippen LogP contribution in [0.3, 0.4) is 0 Å². The quantitative estimate of drug-likeness (QED) is 0.627. The Morgan fingerprint density at radius 3 is 2.47 bits per heavy atom. The Kier molecular flexibility index (Phi) is 4.79. The summed E-state index contributed by atoms with van der Waals surface area (Å²) in [7, 11) is 1.76. The molecule has 0 radical (unpaired) electrons. The highest BCUT2D eigenvalue weighted by atomic mass is 19.3. The number of piperidine rings is 1. The molecule has 5 heterocycles. The number of fused-ring (bicyclic) bond motifs is 1. The summed E-state index contributed by atoms with van der Waals surface area (Å²) in [6.45, 7) is 1.34. The number of carbonyl (C=O) groups is 2. The highest BCUT2D eigenvalue weighted by Gasteiger charge is 2.36. The number of hydrogen-bond donors (Lipinski definition) is 0. The van der Waals surface area contributed by atoms with E-state index in [0.29, 0.717) is 30.1 Å². The molecule has 0 atom stereocenters. The number of carbonyl (C=O) groups excluding carboxylic acids is 2. The first-order valence-electron chi connectivity index (χ1n) is 10.5. The largest absolute Gasteiger partial charge is 0.338 e. The first-order valence-corrected chi connectivity index (χ1v) is 10.5. The van der Waals surface area contributed by atoms with Crippen LogP contribution in [0.4, 0.5) is 19.4 Å². The Balaban J connectivity index is 1.36. The van der Waals surface area contributed by atoms with E-state index in [1.807, 2.05) is 22.9 Å². The van der Waals surface area contributed by atoms with Crippen LogP contribution in [0.2, 0.25) is 0 Å². The Morgan fingerprint density at radius 1 is 1.03 bits per heavy atom. The van der Waals surface area contributed by atoms with Crippen molar-refractivity contribution in [3.63, 3.8) is 0 Å². The summed E-state index contributed by atoms with van der Waals surface area (Å²) < 4.78 is 28.6. The van der Waals surface area contributed by atoms with Crippen molar-refractivity contribution in [1.82, 2.24) is 24.3 Å². The topological polar surface area (TPSA) is 74.6 Å². The third-order valence-electron chi connectivity index (χ3n) is 6.06. The van der Waals surface area contributed by atoms with E-state index in [0.717, 1.165) is 11.1 Å². The lowest BCUT2D eigenvalue weighted by Crippen LogP contribution is -2.42. The molecule has 3 aromatic heterocycles. The van der Waals surface area contributed by atoms with Gasteiger partial charge in [0.15, 0.2) is 0 Å². The molecular weight excluding hydrogens is 418 g/mol. The summed E-state index contributed by atoms with van der Waals surface area (Å²) >= 11 is 0. The molecule has 166 valence electrons. The van der Waals surface area contributed by atoms with E-state index in [1.54, 1.807) is 35.2 Å². The second-order valence-electron chi connectivity index (χ2n) is 8.20. The summed E-state index contributed by atoms with van der Waals surface area (Å²) in [5, 5.41) is 0.763. The van der Waals surface area contributed by atoms with Gasteiger partial charge in [0, 0.05) is 63.8 Å². The van der Waals surface area contributed by atoms with E-state index in [-0.39, 0.29) is 37.9 Å². The van der Waals surface area contributed by atoms with Gasteiger partial charge in [-0.2, -0.15) is 0 Å². The van der Waals surface area contributed by atoms with Gasteiger partial charge in [-0.05, 0) is 24.3 Å². The summed E-state index contributed by atoms with van der Waals surface area (Å²) in [6.07, 6.45) is 4.36. The molecule has 2 aliphatic heterocycles. The summed E-state index contributed by atoms with van der Waals surface area (Å²) in [5.74, 6) is -2.39. The van der Waals surface area contributed by atoms with E-state index < -0.39 is 5.92 Å². The van der Waals surface area contributed by atoms with E-state index in [1.165, 1.54) is 11.1 Å². The number of urea groups is 1. The Labute approximate surface area is 183 Å². The molecule has 0 bridgehead atoms. The van der Waals surface area contributed by atoms with Crippen LogP contribution in [-0.2, 0) is 0 Å². The van der Waals surface area contributed by atoms with Crippen LogP contribution in [0.25, 0.3) is 16.7 Å². The molecule has 0 aromatic carbocycles. The number of likely N-dealkylation sites (N-methyl/N-ethyl adjacent to an activating group) is 1. The molecule has 0 aliphatic carbocycles. The van der Waals surface area contributed by atoms with Crippen LogP contribution in [0, 0.1) is 0 Å². The van der Waals surface area contributed by atoms with Crippen LogP contribution < -0.4 is 4.90 Å². The standard InChI is InChI=1S/C22H22F2N6O2/c1-27-10-11-30(21(27)32)18-3-2-17(14-25-18)29-7-4-15-12-16(13-26-19(15)29)20(31)28-8-5-22(23,24)6-9-28/h2-4,7,12-14H,5-6,8-11H2,1H3. The third-order valence-corrected chi connectivity index (χ3v) is 6.06. The first kappa shape index (κ1) is 20.3. The number of hydrogen-bond acceptors (Lipinski definition) is 4. The minimum Gasteiger partial charge on any atom is -0.338 e. The lowest BCUT2D eigenvalue weighted by Gasteiger charge is -2.31. The first-order chi connectivity index (χ1) is 15.3. The van der Waals surface area contributed by atoms with Crippen molar-refractivity contribution >= 4 is 28.8 Å². The van der Waals surface area contributed by atoms with Crippen molar-refractivity contribution in [1.29, 1.82) is 0 Å². The average Bonchev–Trinajstić information content (AvgIpc) is 3.36. The van der Waals surface area contributed by atoms with Gasteiger partial charge in [-0.25, -0.2) is 23.5 Å². The lowest BCUT2D eigenvalue weighted by molar-refractivity contribution is -0.0494. The second-order valence-corrected chi connectivity index (χ2v) is 8.20. The highest BCUT2D eigenvalue weighted by Crippen LogP contribution is 2.29. The zero-order chi connectivity index (χ0) is 22.5. The molecule has 0 spiro atoms. The predicted octanol–water partition coefficient (Wildman–Crippen LogP) is 3.16. The fourth-order valence-electron chi connectivity index (χ4n) is 4.11. The number of likely N-dealkylation sites (tertiary alicyclic amines) is 1. The highest BCUT2D eigenvalue weighted by molar-refractivity contribution is 5.97. The maximum atomic E-state index is 13.4. The van der Waals surface area contributed by atoms with Gasteiger partial charge in [0.05, 0.1) is 17.4 Å². The van der Waals surface area contributed by atoms with Crippen LogP contribution in [0.15, 0.2) is 42.9 Å². The third kappa shape index (κ3) is 3.55. The Morgan fingerprint density at radius 2 is 1.81 bits per heavy atom. The molecule has 2 saturated heterocycles. The molecule has 0 saturated carbocycles. The fraction of sp³-hybridized carbons (Fsp3) is 0.364. The number of anilines is 1. The van der Waals surface area contributed by atoms with Gasteiger partial charge >= 0.3 is 6.03 Å². The average molecular weight is 440 g/mol. The maximum absolute atomic E-state index is 13.4. The zero-order valence-electron chi connectivity index (χ0n) is 17.5. The molecule has 2 aliphatic rings. The van der Waals surface area contributed by atoms with Crippen LogP contribution in [-0.4, -0.2) is 75.4 Å². The summed E-state index contributed by atoms with van der Waals surface area (Å²) in [5.41, 5.74) is 1.80. The lowest BCUT2D eigenvalue weighted by atomic mass is 10.1. The molecule has 5 rings (SSSR count). The summed E-state index contributed by atoms with van der Waals surface area (Å²) in [6, 6.07) is 7.16. The summed E-state index contributed by atoms with van der Waals surface area (Å²) in [4.78, 5) is 38.5. The van der Waals surface area contributed by atoms with E-state index in [2.05, 4.69) is 9.97 Å². The molecule has 32 heavy (non-hydrogen) atoms. The van der Waals surface area contributed by atoms with Crippen molar-refractivity contribution in [3.8, 4) is 5.69 Å². The van der Waals surface area contributed by atoms with Crippen LogP contribution >= 0.6 is 0 Å². The van der Waals surface area contributed by atoms with Crippen LogP contribution in [0.5, 0.6) is 0 Å². The van der Waals surface area contributed by atoms with E-state index in [4.69, 9.17) is 0 Å². The van der Waals surface area contributed by atoms with Crippen molar-refractivity contribution in [2.24, 2.45) is 0 Å². The zero-order valence-corrected chi connectivity index (χ0v) is 17.5. The van der Waals surface area contributed by atoms with Gasteiger partial charge in [0.25, 0.3) is 11.8 Å². The molecule has 3 aromatic rings. The minimum atomic E-state index is -2.70. The minimum absolute atomic E-state index is 0.0399. The van der Waals surface area contributed by atoms with Gasteiger partial charge in [0.1, 0.15) is 11.5 Å². The van der Waals surface area contributed by atoms with E-state index >= 15 is 0 Å². The van der Waals surface area contributed by atoms with Crippen molar-refractivity contribution in [2.45, 2.75) is 18.8 Å². The normalized spacial score (nSPS) is 18.6. The SMILES string of the molecule is CN1CCN(c2ccc(-n3ccc4cc(C(=O)N5CCC(F)(F)CC5)cnc43)cn2)C1=O. The smallest absolute Gasteiger partial charge is 0.325 e. The van der Waals surface area contributed by atoms with Gasteiger partial charge in [0.2, 0.25) is 0 Å².